The second-order valence-corrected chi connectivity index (χ2v) is 29.9. The van der Waals surface area contributed by atoms with Crippen molar-refractivity contribution in [1.82, 2.24) is 0 Å². The number of furan rings is 3. The first-order valence-corrected chi connectivity index (χ1v) is 38.4. The number of benzene rings is 17. The van der Waals surface area contributed by atoms with Gasteiger partial charge >= 0.3 is 0 Å². The van der Waals surface area contributed by atoms with Crippen LogP contribution in [0.25, 0.3) is 119 Å². The molecule has 21 aromatic rings. The van der Waals surface area contributed by atoms with Crippen molar-refractivity contribution in [1.29, 1.82) is 0 Å². The van der Waals surface area contributed by atoms with Crippen molar-refractivity contribution in [3.63, 3.8) is 0 Å². The fraction of sp³-hybridized carbons (Fsp3) is 0.0192. The van der Waals surface area contributed by atoms with E-state index in [1.54, 1.807) is 0 Å². The van der Waals surface area contributed by atoms with E-state index in [-0.39, 0.29) is 0 Å². The Bertz CT molecular complexity index is 7080. The Morgan fingerprint density at radius 2 is 0.582 bits per heavy atom. The van der Waals surface area contributed by atoms with E-state index < -0.39 is 10.8 Å². The lowest BCUT2D eigenvalue weighted by atomic mass is 9.67. The molecule has 0 radical (unpaired) electrons. The molecule has 4 heterocycles. The Hall–Kier alpha value is -14.0. The molecule has 516 valence electrons. The van der Waals surface area contributed by atoms with E-state index in [4.69, 9.17) is 13.3 Å². The minimum absolute atomic E-state index is 0.413. The van der Waals surface area contributed by atoms with Crippen LogP contribution in [-0.2, 0) is 10.8 Å². The summed E-state index contributed by atoms with van der Waals surface area (Å²) < 4.78 is 22.1. The molecule has 0 bridgehead atoms. The molecule has 0 atom stereocenters. The van der Waals surface area contributed by atoms with E-state index in [9.17, 15) is 0 Å². The van der Waals surface area contributed by atoms with E-state index in [1.165, 1.54) is 92.5 Å². The van der Waals surface area contributed by atoms with E-state index in [1.807, 2.05) is 35.6 Å². The Labute approximate surface area is 639 Å². The van der Waals surface area contributed by atoms with Gasteiger partial charge in [-0.1, -0.05) is 285 Å². The Kier molecular flexibility index (Phi) is 14.6. The van der Waals surface area contributed by atoms with Crippen LogP contribution in [0.15, 0.2) is 414 Å². The molecule has 110 heavy (non-hydrogen) atoms. The highest BCUT2D eigenvalue weighted by molar-refractivity contribution is 7.25. The molecular weight excluding hydrogens is 1360 g/mol. The van der Waals surface area contributed by atoms with E-state index in [2.05, 4.69) is 386 Å². The van der Waals surface area contributed by atoms with Crippen molar-refractivity contribution < 1.29 is 13.3 Å². The van der Waals surface area contributed by atoms with Crippen molar-refractivity contribution in [3.8, 4) is 33.4 Å². The van der Waals surface area contributed by atoms with Gasteiger partial charge in [0.2, 0.25) is 0 Å². The number of anilines is 6. The van der Waals surface area contributed by atoms with Crippen LogP contribution in [0.4, 0.5) is 34.1 Å². The lowest BCUT2D eigenvalue weighted by Gasteiger charge is -2.34. The van der Waals surface area contributed by atoms with Crippen LogP contribution in [0.1, 0.15) is 44.5 Å². The highest BCUT2D eigenvalue weighted by Crippen LogP contribution is 2.59. The summed E-state index contributed by atoms with van der Waals surface area (Å²) in [6, 6.07) is 145. The standard InChI is InChI=1S/C55H35NO2.C49H31NOS/c1-3-14-36(15-4-1)37-26-29-40(30-27-37)56(41-31-32-45-44-20-9-12-24-50(44)58-53(45)35-41)49-23-13-25-52-54(49)46-34-39(28-33-51(46)57-52)55(38-16-5-2-6-17-38)47-21-10-7-18-42(47)43-19-8-11-22-48(43)55;1-3-13-32(14-4-1)49(43-20-10-7-17-37(43)38-18-8-11-21-44(38)49)33-23-26-41-42-28-25-36(31-48(42)52-47(41)29-33)50(34-15-5-2-6-16-34)35-24-27-40-39-19-9-12-22-45(39)51-46(40)30-35/h1-35H;1-31H. The van der Waals surface area contributed by atoms with Crippen LogP contribution in [0, 0.1) is 0 Å². The van der Waals surface area contributed by atoms with E-state index in [0.717, 1.165) is 106 Å². The molecule has 2 aliphatic rings. The third-order valence-corrected chi connectivity index (χ3v) is 24.2. The lowest BCUT2D eigenvalue weighted by molar-refractivity contribution is 0.668. The van der Waals surface area contributed by atoms with Gasteiger partial charge in [-0.2, -0.15) is 0 Å². The molecule has 0 N–H and O–H groups in total. The van der Waals surface area contributed by atoms with Gasteiger partial charge in [0.05, 0.1) is 21.9 Å². The summed E-state index contributed by atoms with van der Waals surface area (Å²) in [5.74, 6) is 0. The summed E-state index contributed by atoms with van der Waals surface area (Å²) in [6.07, 6.45) is 0. The summed E-state index contributed by atoms with van der Waals surface area (Å²) in [5.41, 5.74) is 28.4. The molecule has 4 aromatic heterocycles. The molecular formula is C104H66N2O3S. The summed E-state index contributed by atoms with van der Waals surface area (Å²) in [7, 11) is 0. The topological polar surface area (TPSA) is 45.9 Å². The van der Waals surface area contributed by atoms with Gasteiger partial charge in [0.1, 0.15) is 33.5 Å². The lowest BCUT2D eigenvalue weighted by Crippen LogP contribution is -2.28. The smallest absolute Gasteiger partial charge is 0.137 e. The second kappa shape index (κ2) is 25.3. The molecule has 0 amide bonds. The van der Waals surface area contributed by atoms with Crippen molar-refractivity contribution >= 4 is 131 Å². The first kappa shape index (κ1) is 63.3. The number of hydrogen-bond acceptors (Lipinski definition) is 6. The van der Waals surface area contributed by atoms with Gasteiger partial charge < -0.3 is 23.1 Å². The number of nitrogens with zero attached hydrogens (tertiary/aromatic N) is 2. The normalized spacial score (nSPS) is 13.1. The number of rotatable bonds is 11. The zero-order chi connectivity index (χ0) is 72.4. The first-order chi connectivity index (χ1) is 54.5. The molecule has 5 nitrogen and oxygen atoms in total. The third-order valence-electron chi connectivity index (χ3n) is 23.1. The average Bonchev–Trinajstić information content (AvgIpc) is 1.54. The van der Waals surface area contributed by atoms with E-state index >= 15 is 0 Å². The van der Waals surface area contributed by atoms with Gasteiger partial charge in [0.25, 0.3) is 0 Å². The number of hydrogen-bond donors (Lipinski definition) is 0. The van der Waals surface area contributed by atoms with Crippen molar-refractivity contribution in [2.45, 2.75) is 10.8 Å². The van der Waals surface area contributed by atoms with Gasteiger partial charge in [-0.15, -0.1) is 11.3 Å². The molecule has 23 rings (SSSR count). The fourth-order valence-electron chi connectivity index (χ4n) is 18.4. The summed E-state index contributed by atoms with van der Waals surface area (Å²) in [4.78, 5) is 4.68. The quantitative estimate of drug-likeness (QED) is 0.129. The molecule has 0 unspecified atom stereocenters. The molecule has 0 aliphatic heterocycles. The molecule has 17 aromatic carbocycles. The summed E-state index contributed by atoms with van der Waals surface area (Å²) >= 11 is 1.87. The van der Waals surface area contributed by atoms with Crippen LogP contribution < -0.4 is 9.80 Å². The van der Waals surface area contributed by atoms with Crippen molar-refractivity contribution in [2.75, 3.05) is 9.80 Å². The van der Waals surface area contributed by atoms with Crippen LogP contribution in [-0.4, -0.2) is 0 Å². The van der Waals surface area contributed by atoms with Crippen LogP contribution in [0.3, 0.4) is 0 Å². The first-order valence-electron chi connectivity index (χ1n) is 37.6. The second-order valence-electron chi connectivity index (χ2n) is 28.8. The van der Waals surface area contributed by atoms with E-state index in [0.29, 0.717) is 0 Å². The van der Waals surface area contributed by atoms with Crippen molar-refractivity contribution in [3.05, 3.63) is 445 Å². The molecule has 2 aliphatic carbocycles. The van der Waals surface area contributed by atoms with Gasteiger partial charge in [-0.05, 0) is 181 Å². The maximum atomic E-state index is 6.75. The van der Waals surface area contributed by atoms with Crippen LogP contribution in [0.2, 0.25) is 0 Å². The summed E-state index contributed by atoms with van der Waals surface area (Å²) in [6.45, 7) is 0. The Morgan fingerprint density at radius 1 is 0.209 bits per heavy atom. The fourth-order valence-corrected chi connectivity index (χ4v) is 19.6. The maximum Gasteiger partial charge on any atom is 0.137 e. The molecule has 0 saturated heterocycles. The third kappa shape index (κ3) is 9.72. The minimum Gasteiger partial charge on any atom is -0.456 e. The zero-order valence-electron chi connectivity index (χ0n) is 59.6. The summed E-state index contributed by atoms with van der Waals surface area (Å²) in [5, 5.41) is 9.16. The van der Waals surface area contributed by atoms with Gasteiger partial charge in [0, 0.05) is 87.7 Å². The van der Waals surface area contributed by atoms with Crippen LogP contribution in [0.5, 0.6) is 0 Å². The molecule has 6 heteroatoms. The SMILES string of the molecule is c1ccc(-c2ccc(N(c3ccc4c(c3)oc3ccccc34)c3cccc4oc5ccc(C6(c7ccccc7)c7ccccc7-c7ccccc76)cc5c34)cc2)cc1.c1ccc(N(c2ccc3c(c2)oc2ccccc23)c2ccc3c(c2)sc2cc(C4(c5ccccc5)c5ccccc5-c5ccccc54)ccc23)cc1. The van der Waals surface area contributed by atoms with Gasteiger partial charge in [-0.25, -0.2) is 0 Å². The predicted octanol–water partition coefficient (Wildman–Crippen LogP) is 28.8. The zero-order valence-corrected chi connectivity index (χ0v) is 60.4. The Balaban J connectivity index is 0.000000136. The number of fused-ring (bicyclic) bond motifs is 18. The largest absolute Gasteiger partial charge is 0.456 e. The highest BCUT2D eigenvalue weighted by atomic mass is 32.1. The van der Waals surface area contributed by atoms with Gasteiger partial charge in [-0.3, -0.25) is 0 Å². The van der Waals surface area contributed by atoms with Crippen LogP contribution >= 0.6 is 11.3 Å². The monoisotopic (exact) mass is 1420 g/mol. The molecule has 0 fully saturated rings. The maximum absolute atomic E-state index is 6.75. The van der Waals surface area contributed by atoms with Crippen molar-refractivity contribution in [2.24, 2.45) is 0 Å². The molecule has 0 saturated carbocycles. The Morgan fingerprint density at radius 3 is 1.14 bits per heavy atom. The van der Waals surface area contributed by atoms with Gasteiger partial charge in [0.15, 0.2) is 0 Å². The highest BCUT2D eigenvalue weighted by Gasteiger charge is 2.48. The number of thiophene rings is 1. The minimum atomic E-state index is -0.527. The predicted molar refractivity (Wildman–Crippen MR) is 457 cm³/mol. The average molecular weight is 1420 g/mol. The number of para-hydroxylation sites is 3. The molecule has 0 spiro atoms.